The normalized spacial score (nSPS) is 10.4. The summed E-state index contributed by atoms with van der Waals surface area (Å²) in [5.41, 5.74) is 11.5. The van der Waals surface area contributed by atoms with Crippen LogP contribution in [0.3, 0.4) is 0 Å². The molecule has 2 rings (SSSR count). The Hall–Kier alpha value is -2.87. The molecule has 0 spiro atoms. The van der Waals surface area contributed by atoms with E-state index in [9.17, 15) is 4.79 Å². The SMILES string of the molecule is COc1cc(C=NN=C(N)N)cc(Br)c1OC(=O)c1ccccc1. The highest BCUT2D eigenvalue weighted by Crippen LogP contribution is 2.36. The highest BCUT2D eigenvalue weighted by atomic mass is 79.9. The summed E-state index contributed by atoms with van der Waals surface area (Å²) in [6, 6.07) is 12.0. The zero-order chi connectivity index (χ0) is 17.5. The van der Waals surface area contributed by atoms with Crippen molar-refractivity contribution in [1.82, 2.24) is 0 Å². The van der Waals surface area contributed by atoms with Gasteiger partial charge in [-0.25, -0.2) is 4.79 Å². The molecule has 0 saturated heterocycles. The van der Waals surface area contributed by atoms with Gasteiger partial charge in [0.15, 0.2) is 11.5 Å². The van der Waals surface area contributed by atoms with Crippen LogP contribution in [-0.4, -0.2) is 25.3 Å². The van der Waals surface area contributed by atoms with Crippen LogP contribution in [0.15, 0.2) is 57.1 Å². The molecule has 0 saturated carbocycles. The van der Waals surface area contributed by atoms with Gasteiger partial charge in [-0.1, -0.05) is 18.2 Å². The van der Waals surface area contributed by atoms with Crippen molar-refractivity contribution in [3.63, 3.8) is 0 Å². The maximum atomic E-state index is 12.2. The van der Waals surface area contributed by atoms with Crippen LogP contribution in [0.5, 0.6) is 11.5 Å². The molecule has 0 atom stereocenters. The average molecular weight is 391 g/mol. The third-order valence-corrected chi connectivity index (χ3v) is 3.43. The first kappa shape index (κ1) is 17.5. The molecular formula is C16H15BrN4O3. The molecule has 0 heterocycles. The Morgan fingerprint density at radius 1 is 1.21 bits per heavy atom. The summed E-state index contributed by atoms with van der Waals surface area (Å²) < 4.78 is 11.2. The maximum Gasteiger partial charge on any atom is 0.343 e. The van der Waals surface area contributed by atoms with Crippen LogP contribution in [0.1, 0.15) is 15.9 Å². The van der Waals surface area contributed by atoms with E-state index in [1.54, 1.807) is 36.4 Å². The van der Waals surface area contributed by atoms with E-state index in [2.05, 4.69) is 26.1 Å². The van der Waals surface area contributed by atoms with E-state index < -0.39 is 5.97 Å². The molecule has 0 bridgehead atoms. The highest BCUT2D eigenvalue weighted by molar-refractivity contribution is 9.10. The molecule has 0 amide bonds. The minimum absolute atomic E-state index is 0.148. The minimum Gasteiger partial charge on any atom is -0.493 e. The van der Waals surface area contributed by atoms with Crippen LogP contribution in [0, 0.1) is 0 Å². The Morgan fingerprint density at radius 2 is 1.92 bits per heavy atom. The maximum absolute atomic E-state index is 12.2. The third-order valence-electron chi connectivity index (χ3n) is 2.84. The lowest BCUT2D eigenvalue weighted by molar-refractivity contribution is 0.0728. The standard InChI is InChI=1S/C16H15BrN4O3/c1-23-13-8-10(9-20-21-16(18)19)7-12(17)14(13)24-15(22)11-5-3-2-4-6-11/h2-9H,1H3,(H4,18,19,21). The smallest absolute Gasteiger partial charge is 0.343 e. The Morgan fingerprint density at radius 3 is 2.54 bits per heavy atom. The number of esters is 1. The zero-order valence-electron chi connectivity index (χ0n) is 12.8. The molecule has 8 heteroatoms. The van der Waals surface area contributed by atoms with Gasteiger partial charge in [0.2, 0.25) is 5.96 Å². The molecule has 0 radical (unpaired) electrons. The number of methoxy groups -OCH3 is 1. The Kier molecular flexibility index (Phi) is 5.91. The fourth-order valence-electron chi connectivity index (χ4n) is 1.80. The predicted molar refractivity (Wildman–Crippen MR) is 95.5 cm³/mol. The van der Waals surface area contributed by atoms with Crippen molar-refractivity contribution in [1.29, 1.82) is 0 Å². The molecule has 0 unspecified atom stereocenters. The van der Waals surface area contributed by atoms with Crippen LogP contribution in [0.2, 0.25) is 0 Å². The second kappa shape index (κ2) is 8.11. The van der Waals surface area contributed by atoms with Gasteiger partial charge in [-0.15, -0.1) is 5.10 Å². The molecule has 2 aromatic carbocycles. The molecule has 0 aliphatic heterocycles. The molecule has 4 N–H and O–H groups in total. The van der Waals surface area contributed by atoms with Crippen LogP contribution >= 0.6 is 15.9 Å². The van der Waals surface area contributed by atoms with Gasteiger partial charge in [-0.05, 0) is 45.8 Å². The number of guanidine groups is 1. The second-order valence-electron chi connectivity index (χ2n) is 4.56. The van der Waals surface area contributed by atoms with Crippen molar-refractivity contribution in [3.05, 3.63) is 58.1 Å². The number of hydrogen-bond acceptors (Lipinski definition) is 5. The number of hydrogen-bond donors (Lipinski definition) is 2. The van der Waals surface area contributed by atoms with E-state index in [0.717, 1.165) is 0 Å². The molecule has 124 valence electrons. The number of carbonyl (C=O) groups excluding carboxylic acids is 1. The molecule has 0 aliphatic carbocycles. The van der Waals surface area contributed by atoms with Gasteiger partial charge in [-0.2, -0.15) is 5.10 Å². The van der Waals surface area contributed by atoms with Crippen LogP contribution in [0.4, 0.5) is 0 Å². The van der Waals surface area contributed by atoms with Crippen LogP contribution in [0.25, 0.3) is 0 Å². The summed E-state index contributed by atoms with van der Waals surface area (Å²) in [7, 11) is 1.47. The van der Waals surface area contributed by atoms with Crippen molar-refractivity contribution in [2.45, 2.75) is 0 Å². The number of nitrogens with two attached hydrogens (primary N) is 2. The van der Waals surface area contributed by atoms with E-state index in [0.29, 0.717) is 21.3 Å². The summed E-state index contributed by atoms with van der Waals surface area (Å²) in [5.74, 6) is -0.00707. The van der Waals surface area contributed by atoms with Crippen molar-refractivity contribution in [2.24, 2.45) is 21.7 Å². The van der Waals surface area contributed by atoms with Gasteiger partial charge in [0.05, 0.1) is 23.4 Å². The summed E-state index contributed by atoms with van der Waals surface area (Å²) in [6.07, 6.45) is 1.44. The first-order chi connectivity index (χ1) is 11.5. The van der Waals surface area contributed by atoms with E-state index in [1.807, 2.05) is 6.07 Å². The van der Waals surface area contributed by atoms with Crippen molar-refractivity contribution < 1.29 is 14.3 Å². The lowest BCUT2D eigenvalue weighted by atomic mass is 10.2. The molecule has 0 aromatic heterocycles. The van der Waals surface area contributed by atoms with E-state index >= 15 is 0 Å². The van der Waals surface area contributed by atoms with Crippen LogP contribution in [-0.2, 0) is 0 Å². The van der Waals surface area contributed by atoms with Crippen molar-refractivity contribution >= 4 is 34.1 Å². The van der Waals surface area contributed by atoms with Gasteiger partial charge in [0.1, 0.15) is 0 Å². The Bertz CT molecular complexity index is 787. The number of rotatable bonds is 5. The molecule has 0 aliphatic rings. The Labute approximate surface area is 147 Å². The molecule has 7 nitrogen and oxygen atoms in total. The van der Waals surface area contributed by atoms with Crippen molar-refractivity contribution in [3.8, 4) is 11.5 Å². The van der Waals surface area contributed by atoms with Crippen molar-refractivity contribution in [2.75, 3.05) is 7.11 Å². The number of carbonyl (C=O) groups is 1. The summed E-state index contributed by atoms with van der Waals surface area (Å²) >= 11 is 3.36. The number of nitrogens with zero attached hydrogens (tertiary/aromatic N) is 2. The number of halogens is 1. The average Bonchev–Trinajstić information content (AvgIpc) is 2.57. The lowest BCUT2D eigenvalue weighted by Crippen LogP contribution is -2.21. The molecular weight excluding hydrogens is 376 g/mol. The minimum atomic E-state index is -0.489. The van der Waals surface area contributed by atoms with Gasteiger partial charge < -0.3 is 20.9 Å². The fourth-order valence-corrected chi connectivity index (χ4v) is 2.34. The van der Waals surface area contributed by atoms with Gasteiger partial charge in [0.25, 0.3) is 0 Å². The monoisotopic (exact) mass is 390 g/mol. The summed E-state index contributed by atoms with van der Waals surface area (Å²) in [5, 5.41) is 7.24. The van der Waals surface area contributed by atoms with E-state index in [-0.39, 0.29) is 11.7 Å². The first-order valence-electron chi connectivity index (χ1n) is 6.78. The third kappa shape index (κ3) is 4.56. The van der Waals surface area contributed by atoms with Crippen LogP contribution < -0.4 is 20.9 Å². The first-order valence-corrected chi connectivity index (χ1v) is 7.57. The highest BCUT2D eigenvalue weighted by Gasteiger charge is 2.16. The second-order valence-corrected chi connectivity index (χ2v) is 5.41. The summed E-state index contributed by atoms with van der Waals surface area (Å²) in [4.78, 5) is 12.2. The zero-order valence-corrected chi connectivity index (χ0v) is 14.4. The lowest BCUT2D eigenvalue weighted by Gasteiger charge is -2.12. The molecule has 2 aromatic rings. The van der Waals surface area contributed by atoms with E-state index in [4.69, 9.17) is 20.9 Å². The van der Waals surface area contributed by atoms with Gasteiger partial charge in [0, 0.05) is 0 Å². The summed E-state index contributed by atoms with van der Waals surface area (Å²) in [6.45, 7) is 0. The van der Waals surface area contributed by atoms with Gasteiger partial charge in [-0.3, -0.25) is 0 Å². The fraction of sp³-hybridized carbons (Fsp3) is 0.0625. The van der Waals surface area contributed by atoms with E-state index in [1.165, 1.54) is 13.3 Å². The topological polar surface area (TPSA) is 112 Å². The molecule has 0 fully saturated rings. The largest absolute Gasteiger partial charge is 0.493 e. The number of benzene rings is 2. The quantitative estimate of drug-likeness (QED) is 0.267. The Balaban J connectivity index is 2.29. The molecule has 24 heavy (non-hydrogen) atoms. The number of ether oxygens (including phenoxy) is 2. The predicted octanol–water partition coefficient (Wildman–Crippen LogP) is 2.28. The van der Waals surface area contributed by atoms with Gasteiger partial charge >= 0.3 is 5.97 Å².